The molecule has 1 aromatic heterocycles. The Bertz CT molecular complexity index is 1830. The number of carbonyl (C=O) groups is 2. The van der Waals surface area contributed by atoms with E-state index in [9.17, 15) is 9.59 Å². The van der Waals surface area contributed by atoms with Crippen molar-refractivity contribution in [2.24, 2.45) is 0 Å². The van der Waals surface area contributed by atoms with Crippen molar-refractivity contribution in [3.05, 3.63) is 118 Å². The number of fused-ring (bicyclic) bond motifs is 2. The van der Waals surface area contributed by atoms with Gasteiger partial charge in [0.15, 0.2) is 5.11 Å². The van der Waals surface area contributed by atoms with Crippen LogP contribution in [0.25, 0.3) is 27.8 Å². The smallest absolute Gasteiger partial charge is 0.270 e. The van der Waals surface area contributed by atoms with Gasteiger partial charge < -0.3 is 4.57 Å². The Labute approximate surface area is 233 Å². The van der Waals surface area contributed by atoms with Crippen molar-refractivity contribution in [3.63, 3.8) is 0 Å². The van der Waals surface area contributed by atoms with E-state index in [1.54, 1.807) is 24.3 Å². The van der Waals surface area contributed by atoms with Crippen LogP contribution < -0.4 is 10.2 Å². The lowest BCUT2D eigenvalue weighted by Crippen LogP contribution is -2.54. The maximum Gasteiger partial charge on any atom is 0.270 e. The fourth-order valence-electron chi connectivity index (χ4n) is 4.75. The van der Waals surface area contributed by atoms with E-state index in [-0.39, 0.29) is 20.7 Å². The van der Waals surface area contributed by atoms with E-state index in [1.807, 2.05) is 42.6 Å². The molecule has 0 radical (unpaired) electrons. The Morgan fingerprint density at radius 3 is 2.47 bits per heavy atom. The van der Waals surface area contributed by atoms with Crippen molar-refractivity contribution >= 4 is 85.8 Å². The molecule has 5 nitrogen and oxygen atoms in total. The molecule has 1 saturated heterocycles. The Morgan fingerprint density at radius 1 is 0.868 bits per heavy atom. The zero-order valence-electron chi connectivity index (χ0n) is 19.8. The second-order valence-electron chi connectivity index (χ2n) is 8.94. The van der Waals surface area contributed by atoms with Gasteiger partial charge in [-0.3, -0.25) is 19.8 Å². The molecule has 1 aliphatic heterocycles. The first kappa shape index (κ1) is 24.4. The number of aromatic nitrogens is 1. The summed E-state index contributed by atoms with van der Waals surface area (Å²) in [7, 11) is 0. The van der Waals surface area contributed by atoms with E-state index >= 15 is 0 Å². The van der Waals surface area contributed by atoms with Crippen LogP contribution in [0.3, 0.4) is 0 Å². The fraction of sp³-hybridized carbons (Fsp3) is 0.0333. The molecule has 1 aliphatic rings. The Hall–Kier alpha value is -3.97. The van der Waals surface area contributed by atoms with Crippen LogP contribution in [0, 0.1) is 0 Å². The number of halogens is 2. The average molecular weight is 556 g/mol. The molecule has 38 heavy (non-hydrogen) atoms. The SMILES string of the molecule is O=C1NC(=S)N(c2cccc(Cl)c2Cl)C(=O)/C1=C\c1cn(Cc2ccc3ccccc3c2)c2ccccc12. The molecule has 0 unspecified atom stereocenters. The molecule has 0 spiro atoms. The second kappa shape index (κ2) is 9.72. The number of nitrogens with zero attached hydrogens (tertiary/aromatic N) is 2. The van der Waals surface area contributed by atoms with Gasteiger partial charge in [-0.15, -0.1) is 0 Å². The van der Waals surface area contributed by atoms with Crippen LogP contribution in [-0.4, -0.2) is 21.5 Å². The average Bonchev–Trinajstić information content (AvgIpc) is 3.25. The summed E-state index contributed by atoms with van der Waals surface area (Å²) in [6.45, 7) is 0.628. The third-order valence-electron chi connectivity index (χ3n) is 6.56. The molecule has 2 heterocycles. The lowest BCUT2D eigenvalue weighted by atomic mass is 10.1. The molecule has 0 bridgehead atoms. The fourth-order valence-corrected chi connectivity index (χ4v) is 5.41. The normalized spacial score (nSPS) is 15.1. The van der Waals surface area contributed by atoms with Crippen molar-refractivity contribution in [1.29, 1.82) is 0 Å². The highest BCUT2D eigenvalue weighted by atomic mass is 35.5. The molecule has 186 valence electrons. The first-order valence-electron chi connectivity index (χ1n) is 11.8. The number of anilines is 1. The van der Waals surface area contributed by atoms with Crippen LogP contribution in [0.15, 0.2) is 96.7 Å². The van der Waals surface area contributed by atoms with Crippen LogP contribution in [0.1, 0.15) is 11.1 Å². The highest BCUT2D eigenvalue weighted by Gasteiger charge is 2.36. The van der Waals surface area contributed by atoms with E-state index in [0.717, 1.165) is 22.0 Å². The molecular formula is C30H19Cl2N3O2S. The van der Waals surface area contributed by atoms with Gasteiger partial charge in [-0.2, -0.15) is 0 Å². The van der Waals surface area contributed by atoms with E-state index in [0.29, 0.717) is 12.2 Å². The number of hydrogen-bond donors (Lipinski definition) is 1. The maximum atomic E-state index is 13.6. The summed E-state index contributed by atoms with van der Waals surface area (Å²) in [5.41, 5.74) is 3.12. The highest BCUT2D eigenvalue weighted by molar-refractivity contribution is 7.80. The van der Waals surface area contributed by atoms with Gasteiger partial charge in [0.05, 0.1) is 15.7 Å². The summed E-state index contributed by atoms with van der Waals surface area (Å²) < 4.78 is 2.12. The minimum Gasteiger partial charge on any atom is -0.342 e. The molecule has 0 aliphatic carbocycles. The number of rotatable bonds is 4. The van der Waals surface area contributed by atoms with Crippen molar-refractivity contribution in [3.8, 4) is 0 Å². The number of para-hydroxylation sites is 1. The van der Waals surface area contributed by atoms with Crippen LogP contribution in [-0.2, 0) is 16.1 Å². The number of benzene rings is 4. The first-order valence-corrected chi connectivity index (χ1v) is 13.0. The van der Waals surface area contributed by atoms with E-state index < -0.39 is 11.8 Å². The van der Waals surface area contributed by atoms with Gasteiger partial charge in [0.2, 0.25) is 0 Å². The summed E-state index contributed by atoms with van der Waals surface area (Å²) in [6, 6.07) is 27.4. The summed E-state index contributed by atoms with van der Waals surface area (Å²) in [4.78, 5) is 27.7. The van der Waals surface area contributed by atoms with Gasteiger partial charge in [0.1, 0.15) is 5.57 Å². The van der Waals surface area contributed by atoms with Crippen LogP contribution in [0.5, 0.6) is 0 Å². The minimum absolute atomic E-state index is 0.0525. The summed E-state index contributed by atoms with van der Waals surface area (Å²) >= 11 is 17.9. The molecule has 1 N–H and O–H groups in total. The van der Waals surface area contributed by atoms with Crippen LogP contribution in [0.2, 0.25) is 10.0 Å². The molecule has 0 saturated carbocycles. The molecule has 0 atom stereocenters. The van der Waals surface area contributed by atoms with E-state index in [1.165, 1.54) is 15.7 Å². The second-order valence-corrected chi connectivity index (χ2v) is 10.1. The molecular weight excluding hydrogens is 537 g/mol. The van der Waals surface area contributed by atoms with Crippen molar-refractivity contribution < 1.29 is 9.59 Å². The summed E-state index contributed by atoms with van der Waals surface area (Å²) in [5.74, 6) is -1.14. The topological polar surface area (TPSA) is 54.3 Å². The molecule has 1 fully saturated rings. The zero-order chi connectivity index (χ0) is 26.4. The predicted octanol–water partition coefficient (Wildman–Crippen LogP) is 6.98. The van der Waals surface area contributed by atoms with Gasteiger partial charge in [-0.05, 0) is 58.9 Å². The highest BCUT2D eigenvalue weighted by Crippen LogP contribution is 2.35. The van der Waals surface area contributed by atoms with Crippen molar-refractivity contribution in [2.45, 2.75) is 6.54 Å². The van der Waals surface area contributed by atoms with Gasteiger partial charge in [0, 0.05) is 29.2 Å². The van der Waals surface area contributed by atoms with Gasteiger partial charge >= 0.3 is 0 Å². The lowest BCUT2D eigenvalue weighted by Gasteiger charge is -2.29. The Kier molecular flexibility index (Phi) is 6.24. The Balaban J connectivity index is 1.41. The number of nitrogens with one attached hydrogen (secondary N) is 1. The van der Waals surface area contributed by atoms with Gasteiger partial charge in [-0.25, -0.2) is 0 Å². The quantitative estimate of drug-likeness (QED) is 0.148. The number of carbonyl (C=O) groups excluding carboxylic acids is 2. The number of amides is 2. The van der Waals surface area contributed by atoms with E-state index in [4.69, 9.17) is 35.4 Å². The summed E-state index contributed by atoms with van der Waals surface area (Å²) in [5, 5.41) is 6.27. The molecule has 6 rings (SSSR count). The third kappa shape index (κ3) is 4.27. The molecule has 2 amide bonds. The summed E-state index contributed by atoms with van der Waals surface area (Å²) in [6.07, 6.45) is 3.56. The third-order valence-corrected chi connectivity index (χ3v) is 7.65. The minimum atomic E-state index is -0.575. The number of hydrogen-bond acceptors (Lipinski definition) is 3. The van der Waals surface area contributed by atoms with Gasteiger partial charge in [0.25, 0.3) is 11.8 Å². The lowest BCUT2D eigenvalue weighted by molar-refractivity contribution is -0.122. The Morgan fingerprint density at radius 2 is 1.63 bits per heavy atom. The van der Waals surface area contributed by atoms with E-state index in [2.05, 4.69) is 40.2 Å². The molecule has 4 aromatic carbocycles. The molecule has 5 aromatic rings. The van der Waals surface area contributed by atoms with Crippen LogP contribution in [0.4, 0.5) is 5.69 Å². The zero-order valence-corrected chi connectivity index (χ0v) is 22.1. The van der Waals surface area contributed by atoms with Crippen molar-refractivity contribution in [2.75, 3.05) is 4.90 Å². The van der Waals surface area contributed by atoms with Gasteiger partial charge in [-0.1, -0.05) is 83.9 Å². The van der Waals surface area contributed by atoms with Crippen molar-refractivity contribution in [1.82, 2.24) is 9.88 Å². The standard InChI is InChI=1S/C30H19Cl2N3O2S/c31-24-9-5-11-26(27(24)32)35-29(37)23(28(36)33-30(35)38)15-21-17-34(25-10-4-3-8-22(21)25)16-18-12-13-19-6-1-2-7-20(19)14-18/h1-15,17H,16H2,(H,33,36,38)/b23-15-. The first-order chi connectivity index (χ1) is 18.4. The largest absolute Gasteiger partial charge is 0.342 e. The monoisotopic (exact) mass is 555 g/mol. The van der Waals surface area contributed by atoms with Crippen LogP contribution >= 0.6 is 35.4 Å². The maximum absolute atomic E-state index is 13.6. The predicted molar refractivity (Wildman–Crippen MR) is 158 cm³/mol. The molecule has 8 heteroatoms. The number of thiocarbonyl (C=S) groups is 1.